The number of fused-ring (bicyclic) bond motifs is 1. The number of rotatable bonds is 3. The first-order valence-corrected chi connectivity index (χ1v) is 6.88. The van der Waals surface area contributed by atoms with Gasteiger partial charge >= 0.3 is 5.97 Å². The van der Waals surface area contributed by atoms with Gasteiger partial charge in [-0.25, -0.2) is 9.78 Å². The van der Waals surface area contributed by atoms with Gasteiger partial charge in [-0.1, -0.05) is 19.1 Å². The van der Waals surface area contributed by atoms with Gasteiger partial charge in [-0.15, -0.1) is 0 Å². The quantitative estimate of drug-likeness (QED) is 0.691. The molecule has 0 amide bonds. The average Bonchev–Trinajstić information content (AvgIpc) is 2.90. The second-order valence-corrected chi connectivity index (χ2v) is 5.27. The summed E-state index contributed by atoms with van der Waals surface area (Å²) in [5, 5.41) is 9.49. The molecule has 0 radical (unpaired) electrons. The summed E-state index contributed by atoms with van der Waals surface area (Å²) < 4.78 is 0. The van der Waals surface area contributed by atoms with Crippen molar-refractivity contribution in [1.82, 2.24) is 15.0 Å². The van der Waals surface area contributed by atoms with Crippen LogP contribution in [0.4, 0.5) is 0 Å². The van der Waals surface area contributed by atoms with Crippen LogP contribution in [-0.4, -0.2) is 26.0 Å². The Morgan fingerprint density at radius 2 is 1.95 bits per heavy atom. The largest absolute Gasteiger partial charge is 0.478 e. The van der Waals surface area contributed by atoms with E-state index in [0.29, 0.717) is 16.9 Å². The summed E-state index contributed by atoms with van der Waals surface area (Å²) in [6, 6.07) is 6.66. The zero-order valence-corrected chi connectivity index (χ0v) is 12.2. The van der Waals surface area contributed by atoms with Crippen LogP contribution in [0.3, 0.4) is 0 Å². The Bertz CT molecular complexity index is 907. The van der Waals surface area contributed by atoms with E-state index < -0.39 is 5.97 Å². The summed E-state index contributed by atoms with van der Waals surface area (Å²) in [5.41, 5.74) is 2.40. The van der Waals surface area contributed by atoms with Crippen molar-refractivity contribution in [2.24, 2.45) is 0 Å². The molecule has 2 aromatic heterocycles. The van der Waals surface area contributed by atoms with Crippen molar-refractivity contribution in [3.05, 3.63) is 63.3 Å². The molecule has 0 bridgehead atoms. The van der Waals surface area contributed by atoms with Crippen molar-refractivity contribution >= 4 is 17.0 Å². The minimum atomic E-state index is -0.956. The molecular formula is C16H15N3O3. The van der Waals surface area contributed by atoms with E-state index in [0.717, 1.165) is 11.1 Å². The Morgan fingerprint density at radius 3 is 2.59 bits per heavy atom. The number of hydrogen-bond donors (Lipinski definition) is 3. The van der Waals surface area contributed by atoms with Crippen LogP contribution in [0.15, 0.2) is 35.3 Å². The van der Waals surface area contributed by atoms with Gasteiger partial charge in [-0.05, 0) is 30.2 Å². The lowest BCUT2D eigenvalue weighted by Crippen LogP contribution is -2.11. The number of carboxylic acid groups (broad SMARTS) is 1. The van der Waals surface area contributed by atoms with Gasteiger partial charge in [0.1, 0.15) is 11.5 Å². The number of hydrogen-bond acceptors (Lipinski definition) is 3. The predicted molar refractivity (Wildman–Crippen MR) is 82.4 cm³/mol. The lowest BCUT2D eigenvalue weighted by molar-refractivity contribution is 0.0697. The van der Waals surface area contributed by atoms with Crippen LogP contribution in [0.2, 0.25) is 0 Å². The molecule has 0 spiro atoms. The molecule has 0 fully saturated rings. The Kier molecular flexibility index (Phi) is 3.29. The van der Waals surface area contributed by atoms with E-state index in [-0.39, 0.29) is 17.0 Å². The third kappa shape index (κ3) is 2.28. The Morgan fingerprint density at radius 1 is 1.27 bits per heavy atom. The van der Waals surface area contributed by atoms with Gasteiger partial charge in [0.05, 0.1) is 10.9 Å². The molecule has 0 saturated heterocycles. The topological polar surface area (TPSA) is 98.8 Å². The third-order valence-corrected chi connectivity index (χ3v) is 3.82. The predicted octanol–water partition coefficient (Wildman–Crippen LogP) is 2.41. The molecule has 22 heavy (non-hydrogen) atoms. The zero-order chi connectivity index (χ0) is 15.9. The van der Waals surface area contributed by atoms with Crippen molar-refractivity contribution in [1.29, 1.82) is 0 Å². The van der Waals surface area contributed by atoms with Crippen LogP contribution in [0.5, 0.6) is 0 Å². The van der Waals surface area contributed by atoms with Gasteiger partial charge < -0.3 is 15.1 Å². The Labute approximate surface area is 125 Å². The van der Waals surface area contributed by atoms with Crippen LogP contribution in [0.25, 0.3) is 11.0 Å². The minimum Gasteiger partial charge on any atom is -0.478 e. The van der Waals surface area contributed by atoms with E-state index in [1.54, 1.807) is 37.4 Å². The first-order chi connectivity index (χ1) is 10.5. The highest BCUT2D eigenvalue weighted by molar-refractivity contribution is 5.87. The molecule has 6 heteroatoms. The second-order valence-electron chi connectivity index (χ2n) is 5.27. The van der Waals surface area contributed by atoms with Crippen LogP contribution in [0, 0.1) is 6.92 Å². The van der Waals surface area contributed by atoms with Gasteiger partial charge in [-0.2, -0.15) is 0 Å². The fraction of sp³-hybridized carbons (Fsp3) is 0.188. The molecule has 0 aliphatic rings. The maximum atomic E-state index is 12.2. The normalized spacial score (nSPS) is 12.5. The van der Waals surface area contributed by atoms with E-state index in [1.807, 2.05) is 6.92 Å². The number of benzene rings is 1. The highest BCUT2D eigenvalue weighted by Gasteiger charge is 2.17. The summed E-state index contributed by atoms with van der Waals surface area (Å²) in [6.45, 7) is 3.70. The number of nitrogens with one attached hydrogen (secondary N) is 2. The van der Waals surface area contributed by atoms with Crippen molar-refractivity contribution in [2.45, 2.75) is 19.8 Å². The summed E-state index contributed by atoms with van der Waals surface area (Å²) >= 11 is 0. The average molecular weight is 297 g/mol. The molecule has 3 N–H and O–H groups in total. The second kappa shape index (κ2) is 5.14. The fourth-order valence-corrected chi connectivity index (χ4v) is 2.61. The van der Waals surface area contributed by atoms with E-state index >= 15 is 0 Å². The molecule has 1 aromatic carbocycles. The fourth-order valence-electron chi connectivity index (χ4n) is 2.61. The number of aromatic amines is 2. The van der Waals surface area contributed by atoms with E-state index in [2.05, 4.69) is 15.0 Å². The minimum absolute atomic E-state index is 0.0535. The number of aryl methyl sites for hydroxylation is 1. The number of carbonyl (C=O) groups is 1. The van der Waals surface area contributed by atoms with Gasteiger partial charge in [0.15, 0.2) is 0 Å². The Hall–Kier alpha value is -2.89. The standard InChI is InChI=1S/C16H15N3O3/c1-8(10-3-5-11(6-4-10)16(21)22)12-7-17-14-13(12)15(20)19-9(2)18-14/h3-8H,1-2H3,(H,21,22)(H2,17,18,19,20). The van der Waals surface area contributed by atoms with Crippen molar-refractivity contribution in [3.8, 4) is 0 Å². The molecule has 1 atom stereocenters. The molecule has 1 unspecified atom stereocenters. The number of carboxylic acids is 1. The van der Waals surface area contributed by atoms with Gasteiger partial charge in [0.25, 0.3) is 5.56 Å². The van der Waals surface area contributed by atoms with Crippen LogP contribution >= 0.6 is 0 Å². The van der Waals surface area contributed by atoms with Crippen LogP contribution in [0.1, 0.15) is 40.2 Å². The van der Waals surface area contributed by atoms with E-state index in [9.17, 15) is 9.59 Å². The first kappa shape index (κ1) is 14.1. The van der Waals surface area contributed by atoms with E-state index in [1.165, 1.54) is 0 Å². The van der Waals surface area contributed by atoms with Gasteiger partial charge in [0.2, 0.25) is 0 Å². The smallest absolute Gasteiger partial charge is 0.335 e. The maximum Gasteiger partial charge on any atom is 0.335 e. The monoisotopic (exact) mass is 297 g/mol. The van der Waals surface area contributed by atoms with Crippen LogP contribution < -0.4 is 5.56 Å². The SMILES string of the molecule is Cc1nc2[nH]cc(C(C)c3ccc(C(=O)O)cc3)c2c(=O)[nH]1. The molecule has 2 heterocycles. The maximum absolute atomic E-state index is 12.2. The van der Waals surface area contributed by atoms with Crippen LogP contribution in [-0.2, 0) is 0 Å². The summed E-state index contributed by atoms with van der Waals surface area (Å²) in [6.07, 6.45) is 1.78. The molecular weight excluding hydrogens is 282 g/mol. The molecule has 0 aliphatic heterocycles. The number of nitrogens with zero attached hydrogens (tertiary/aromatic N) is 1. The van der Waals surface area contributed by atoms with Gasteiger partial charge in [0, 0.05) is 12.1 Å². The molecule has 3 rings (SSSR count). The number of aromatic nitrogens is 3. The van der Waals surface area contributed by atoms with Gasteiger partial charge in [-0.3, -0.25) is 4.79 Å². The lowest BCUT2D eigenvalue weighted by Gasteiger charge is -2.11. The van der Waals surface area contributed by atoms with Crippen molar-refractivity contribution < 1.29 is 9.90 Å². The van der Waals surface area contributed by atoms with Crippen molar-refractivity contribution in [3.63, 3.8) is 0 Å². The van der Waals surface area contributed by atoms with E-state index in [4.69, 9.17) is 5.11 Å². The number of H-pyrrole nitrogens is 2. The highest BCUT2D eigenvalue weighted by atomic mass is 16.4. The summed E-state index contributed by atoms with van der Waals surface area (Å²) in [4.78, 5) is 33.1. The highest BCUT2D eigenvalue weighted by Crippen LogP contribution is 2.28. The molecule has 112 valence electrons. The molecule has 6 nitrogen and oxygen atoms in total. The first-order valence-electron chi connectivity index (χ1n) is 6.88. The zero-order valence-electron chi connectivity index (χ0n) is 12.2. The lowest BCUT2D eigenvalue weighted by atomic mass is 9.93. The summed E-state index contributed by atoms with van der Waals surface area (Å²) in [5.74, 6) is -0.450. The third-order valence-electron chi connectivity index (χ3n) is 3.82. The summed E-state index contributed by atoms with van der Waals surface area (Å²) in [7, 11) is 0. The molecule has 0 aliphatic carbocycles. The molecule has 0 saturated carbocycles. The Balaban J connectivity index is 2.07. The number of aromatic carboxylic acids is 1. The molecule has 3 aromatic rings. The van der Waals surface area contributed by atoms with Crippen molar-refractivity contribution in [2.75, 3.05) is 0 Å².